The monoisotopic (exact) mass is 540 g/mol. The zero-order valence-corrected chi connectivity index (χ0v) is 20.1. The maximum Gasteiger partial charge on any atom is 0.340 e. The van der Waals surface area contributed by atoms with E-state index in [0.29, 0.717) is 15.7 Å². The molecule has 172 valence electrons. The molecule has 2 aromatic carbocycles. The Kier molecular flexibility index (Phi) is 8.26. The van der Waals surface area contributed by atoms with E-state index in [2.05, 4.69) is 5.32 Å². The quantitative estimate of drug-likeness (QED) is 0.552. The first-order chi connectivity index (χ1) is 15.1. The van der Waals surface area contributed by atoms with Crippen LogP contribution in [0.5, 0.6) is 0 Å². The van der Waals surface area contributed by atoms with Gasteiger partial charge in [0.05, 0.1) is 28.8 Å². The molecule has 0 bridgehead atoms. The Morgan fingerprint density at radius 1 is 0.969 bits per heavy atom. The van der Waals surface area contributed by atoms with Crippen LogP contribution < -0.4 is 5.32 Å². The molecule has 1 aliphatic heterocycles. The minimum Gasteiger partial charge on any atom is -0.452 e. The summed E-state index contributed by atoms with van der Waals surface area (Å²) in [5.74, 6) is -1.66. The van der Waals surface area contributed by atoms with Crippen molar-refractivity contribution in [1.29, 1.82) is 0 Å². The Hall–Kier alpha value is -1.59. The van der Waals surface area contributed by atoms with Crippen LogP contribution in [0.15, 0.2) is 35.2 Å². The Labute approximate surface area is 204 Å². The van der Waals surface area contributed by atoms with Gasteiger partial charge in [-0.05, 0) is 30.3 Å². The summed E-state index contributed by atoms with van der Waals surface area (Å²) in [6, 6.07) is 6.59. The number of carbonyl (C=O) groups is 2. The fourth-order valence-electron chi connectivity index (χ4n) is 2.84. The van der Waals surface area contributed by atoms with Gasteiger partial charge < -0.3 is 14.8 Å². The van der Waals surface area contributed by atoms with Gasteiger partial charge >= 0.3 is 5.97 Å². The molecule has 0 spiro atoms. The van der Waals surface area contributed by atoms with Gasteiger partial charge in [-0.3, -0.25) is 4.79 Å². The molecule has 1 amide bonds. The van der Waals surface area contributed by atoms with Crippen LogP contribution in [0.3, 0.4) is 0 Å². The van der Waals surface area contributed by atoms with E-state index < -0.39 is 28.5 Å². The Morgan fingerprint density at radius 3 is 2.22 bits per heavy atom. The number of morpholine rings is 1. The lowest BCUT2D eigenvalue weighted by Gasteiger charge is -2.26. The van der Waals surface area contributed by atoms with Crippen molar-refractivity contribution in [2.75, 3.05) is 38.2 Å². The van der Waals surface area contributed by atoms with E-state index >= 15 is 0 Å². The SMILES string of the molecule is O=C(COC(=O)c1cc(S(=O)(=O)N2CCOCC2)c(Cl)cc1Cl)Nc1cc(Cl)cc(Cl)c1. The van der Waals surface area contributed by atoms with Crippen LogP contribution >= 0.6 is 46.4 Å². The number of hydrogen-bond donors (Lipinski definition) is 1. The van der Waals surface area contributed by atoms with E-state index in [9.17, 15) is 18.0 Å². The predicted molar refractivity (Wildman–Crippen MR) is 121 cm³/mol. The van der Waals surface area contributed by atoms with Crippen LogP contribution in [0, 0.1) is 0 Å². The van der Waals surface area contributed by atoms with Crippen molar-refractivity contribution in [2.45, 2.75) is 4.90 Å². The topological polar surface area (TPSA) is 102 Å². The number of nitrogens with one attached hydrogen (secondary N) is 1. The number of ether oxygens (including phenoxy) is 2. The molecule has 8 nitrogen and oxygen atoms in total. The second kappa shape index (κ2) is 10.6. The number of benzene rings is 2. The van der Waals surface area contributed by atoms with Crippen molar-refractivity contribution in [2.24, 2.45) is 0 Å². The first kappa shape index (κ1) is 25.0. The highest BCUT2D eigenvalue weighted by Crippen LogP contribution is 2.31. The van der Waals surface area contributed by atoms with Gasteiger partial charge in [0.15, 0.2) is 6.61 Å². The first-order valence-electron chi connectivity index (χ1n) is 9.08. The van der Waals surface area contributed by atoms with Crippen LogP contribution in [0.25, 0.3) is 0 Å². The van der Waals surface area contributed by atoms with Gasteiger partial charge in [0.1, 0.15) is 4.90 Å². The third-order valence-electron chi connectivity index (χ3n) is 4.31. The number of anilines is 1. The molecule has 3 rings (SSSR count). The van der Waals surface area contributed by atoms with Crippen molar-refractivity contribution in [3.63, 3.8) is 0 Å². The van der Waals surface area contributed by atoms with Crippen LogP contribution in [0.1, 0.15) is 10.4 Å². The number of nitrogens with zero attached hydrogens (tertiary/aromatic N) is 1. The molecule has 0 saturated carbocycles. The minimum absolute atomic E-state index is 0.122. The molecule has 32 heavy (non-hydrogen) atoms. The maximum absolute atomic E-state index is 12.9. The summed E-state index contributed by atoms with van der Waals surface area (Å²) in [4.78, 5) is 24.3. The normalized spacial score (nSPS) is 14.8. The highest BCUT2D eigenvalue weighted by molar-refractivity contribution is 7.89. The zero-order chi connectivity index (χ0) is 23.5. The number of rotatable bonds is 6. The first-order valence-corrected chi connectivity index (χ1v) is 12.0. The number of amides is 1. The molecule has 2 aromatic rings. The lowest BCUT2D eigenvalue weighted by molar-refractivity contribution is -0.119. The molecule has 0 unspecified atom stereocenters. The van der Waals surface area contributed by atoms with E-state index in [0.717, 1.165) is 12.1 Å². The van der Waals surface area contributed by atoms with Gasteiger partial charge in [0, 0.05) is 28.8 Å². The second-order valence-corrected chi connectivity index (χ2v) is 10.2. The van der Waals surface area contributed by atoms with E-state index in [4.69, 9.17) is 55.9 Å². The van der Waals surface area contributed by atoms with Crippen molar-refractivity contribution in [3.8, 4) is 0 Å². The summed E-state index contributed by atoms with van der Waals surface area (Å²) < 4.78 is 37.2. The average molecular weight is 542 g/mol. The van der Waals surface area contributed by atoms with Crippen LogP contribution in [-0.4, -0.2) is 57.5 Å². The summed E-state index contributed by atoms with van der Waals surface area (Å²) in [5.41, 5.74) is 0.0634. The van der Waals surface area contributed by atoms with Crippen LogP contribution in [0.4, 0.5) is 5.69 Å². The lowest BCUT2D eigenvalue weighted by atomic mass is 10.2. The molecule has 1 fully saturated rings. The number of hydrogen-bond acceptors (Lipinski definition) is 6. The molecule has 0 aromatic heterocycles. The lowest BCUT2D eigenvalue weighted by Crippen LogP contribution is -2.40. The van der Waals surface area contributed by atoms with Crippen molar-refractivity contribution >= 4 is 74.0 Å². The van der Waals surface area contributed by atoms with Gasteiger partial charge in [-0.1, -0.05) is 46.4 Å². The summed E-state index contributed by atoms with van der Waals surface area (Å²) >= 11 is 23.9. The van der Waals surface area contributed by atoms with Gasteiger partial charge in [-0.15, -0.1) is 0 Å². The number of carbonyl (C=O) groups excluding carboxylic acids is 2. The molecule has 1 N–H and O–H groups in total. The van der Waals surface area contributed by atoms with E-state index in [1.807, 2.05) is 0 Å². The second-order valence-electron chi connectivity index (χ2n) is 6.56. The maximum atomic E-state index is 12.9. The van der Waals surface area contributed by atoms with Crippen molar-refractivity contribution in [1.82, 2.24) is 4.31 Å². The number of sulfonamides is 1. The fourth-order valence-corrected chi connectivity index (χ4v) is 5.60. The molecule has 0 atom stereocenters. The summed E-state index contributed by atoms with van der Waals surface area (Å²) in [6.45, 7) is 0.121. The Balaban J connectivity index is 1.73. The molecule has 1 heterocycles. The van der Waals surface area contributed by atoms with E-state index in [1.165, 1.54) is 22.5 Å². The Morgan fingerprint density at radius 2 is 1.59 bits per heavy atom. The summed E-state index contributed by atoms with van der Waals surface area (Å²) in [7, 11) is -3.99. The molecule has 0 radical (unpaired) electrons. The van der Waals surface area contributed by atoms with Gasteiger partial charge in [0.2, 0.25) is 10.0 Å². The van der Waals surface area contributed by atoms with E-state index in [1.54, 1.807) is 0 Å². The predicted octanol–water partition coefficient (Wildman–Crippen LogP) is 4.12. The molecule has 0 aliphatic carbocycles. The highest BCUT2D eigenvalue weighted by Gasteiger charge is 2.30. The fraction of sp³-hybridized carbons (Fsp3) is 0.263. The van der Waals surface area contributed by atoms with Gasteiger partial charge in [-0.25, -0.2) is 13.2 Å². The molecular formula is C19H16Cl4N2O6S. The average Bonchev–Trinajstić information content (AvgIpc) is 2.71. The highest BCUT2D eigenvalue weighted by atomic mass is 35.5. The molecular weight excluding hydrogens is 526 g/mol. The van der Waals surface area contributed by atoms with Crippen molar-refractivity contribution < 1.29 is 27.5 Å². The zero-order valence-electron chi connectivity index (χ0n) is 16.2. The Bertz CT molecular complexity index is 1130. The minimum atomic E-state index is -3.99. The van der Waals surface area contributed by atoms with Crippen LogP contribution in [0.2, 0.25) is 20.1 Å². The van der Waals surface area contributed by atoms with Crippen LogP contribution in [-0.2, 0) is 24.3 Å². The third kappa shape index (κ3) is 6.05. The largest absolute Gasteiger partial charge is 0.452 e. The van der Waals surface area contributed by atoms with Gasteiger partial charge in [0.25, 0.3) is 5.91 Å². The number of halogens is 4. The molecule has 1 aliphatic rings. The standard InChI is InChI=1S/C19H16Cl4N2O6S/c20-11-5-12(21)7-13(6-11)24-18(26)10-31-19(27)14-8-17(16(23)9-15(14)22)32(28,29)25-1-3-30-4-2-25/h5-9H,1-4,10H2,(H,24,26). The smallest absolute Gasteiger partial charge is 0.340 e. The molecule has 1 saturated heterocycles. The van der Waals surface area contributed by atoms with Crippen molar-refractivity contribution in [3.05, 3.63) is 56.0 Å². The van der Waals surface area contributed by atoms with Gasteiger partial charge in [-0.2, -0.15) is 4.31 Å². The molecule has 13 heteroatoms. The van der Waals surface area contributed by atoms with E-state index in [-0.39, 0.29) is 46.8 Å². The number of esters is 1. The summed E-state index contributed by atoms with van der Waals surface area (Å²) in [6.07, 6.45) is 0. The third-order valence-corrected chi connectivity index (χ3v) is 7.42. The summed E-state index contributed by atoms with van der Waals surface area (Å²) in [5, 5.41) is 2.84.